The Hall–Kier alpha value is -2.59. The van der Waals surface area contributed by atoms with E-state index in [0.717, 1.165) is 0 Å². The van der Waals surface area contributed by atoms with Crippen molar-refractivity contribution in [3.05, 3.63) is 24.2 Å². The molecule has 2 saturated carbocycles. The first-order valence-electron chi connectivity index (χ1n) is 14.1. The molecule has 4 fully saturated rings. The molecule has 42 heavy (non-hydrogen) atoms. The number of aliphatic hydroxyl groups is 5. The van der Waals surface area contributed by atoms with E-state index in [1.165, 1.54) is 26.4 Å². The van der Waals surface area contributed by atoms with Gasteiger partial charge in [0.15, 0.2) is 11.9 Å². The van der Waals surface area contributed by atoms with Crippen molar-refractivity contribution in [1.82, 2.24) is 0 Å². The van der Waals surface area contributed by atoms with E-state index in [9.17, 15) is 39.9 Å². The van der Waals surface area contributed by atoms with Crippen LogP contribution in [0.3, 0.4) is 0 Å². The first-order valence-corrected chi connectivity index (χ1v) is 14.1. The summed E-state index contributed by atoms with van der Waals surface area (Å²) in [6.07, 6.45) is -8.38. The summed E-state index contributed by atoms with van der Waals surface area (Å²) >= 11 is 0. The van der Waals surface area contributed by atoms with E-state index in [0.29, 0.717) is 5.56 Å². The highest BCUT2D eigenvalue weighted by molar-refractivity contribution is 5.82. The van der Waals surface area contributed by atoms with Gasteiger partial charge in [-0.15, -0.1) is 0 Å². The highest BCUT2D eigenvalue weighted by Crippen LogP contribution is 2.62. The summed E-state index contributed by atoms with van der Waals surface area (Å²) in [5, 5.41) is 52.8. The Labute approximate surface area is 241 Å². The van der Waals surface area contributed by atoms with Crippen molar-refractivity contribution in [1.29, 1.82) is 0 Å². The normalized spacial score (nSPS) is 45.2. The summed E-state index contributed by atoms with van der Waals surface area (Å²) < 4.78 is 34.1. The number of esters is 3. The van der Waals surface area contributed by atoms with Crippen molar-refractivity contribution in [2.45, 2.75) is 107 Å². The van der Waals surface area contributed by atoms with Gasteiger partial charge in [-0.3, -0.25) is 9.59 Å². The van der Waals surface area contributed by atoms with E-state index < -0.39 is 102 Å². The van der Waals surface area contributed by atoms with Crippen LogP contribution < -0.4 is 0 Å². The number of furan rings is 1. The molecule has 2 aliphatic carbocycles. The lowest BCUT2D eigenvalue weighted by Gasteiger charge is -2.62. The molecular formula is C28H38O14. The minimum atomic E-state index is -1.99. The number of carbonyl (C=O) groups excluding carboxylic acids is 3. The van der Waals surface area contributed by atoms with Gasteiger partial charge >= 0.3 is 17.9 Å². The first-order chi connectivity index (χ1) is 19.8. The molecule has 14 heteroatoms. The average Bonchev–Trinajstić information content (AvgIpc) is 3.46. The molecule has 0 radical (unpaired) electrons. The molecule has 13 atom stereocenters. The lowest BCUT2D eigenvalue weighted by molar-refractivity contribution is -0.332. The highest BCUT2D eigenvalue weighted by Gasteiger charge is 2.70. The first kappa shape index (κ1) is 30.9. The summed E-state index contributed by atoms with van der Waals surface area (Å²) in [4.78, 5) is 38.0. The molecule has 0 bridgehead atoms. The number of fused-ring (bicyclic) bond motifs is 3. The van der Waals surface area contributed by atoms with Gasteiger partial charge in [-0.2, -0.15) is 0 Å². The van der Waals surface area contributed by atoms with Crippen LogP contribution >= 0.6 is 0 Å². The van der Waals surface area contributed by atoms with Gasteiger partial charge < -0.3 is 53.6 Å². The van der Waals surface area contributed by atoms with E-state index >= 15 is 0 Å². The maximum Gasteiger partial charge on any atom is 0.339 e. The third-order valence-electron chi connectivity index (χ3n) is 9.53. The molecular weight excluding hydrogens is 560 g/mol. The third kappa shape index (κ3) is 5.12. The fourth-order valence-corrected chi connectivity index (χ4v) is 7.50. The number of carbonyl (C=O) groups is 3. The number of ether oxygens (including phenoxy) is 5. The molecule has 0 aromatic carbocycles. The zero-order chi connectivity index (χ0) is 30.6. The van der Waals surface area contributed by atoms with Gasteiger partial charge in [0.1, 0.15) is 42.7 Å². The maximum absolute atomic E-state index is 13.4. The highest BCUT2D eigenvalue weighted by atomic mass is 16.7. The molecule has 2 saturated heterocycles. The van der Waals surface area contributed by atoms with E-state index in [2.05, 4.69) is 0 Å². The fraction of sp³-hybridized carbons (Fsp3) is 0.750. The summed E-state index contributed by atoms with van der Waals surface area (Å²) in [6, 6.07) is 1.64. The minimum Gasteiger partial charge on any atom is -0.472 e. The fourth-order valence-electron chi connectivity index (χ4n) is 7.50. The van der Waals surface area contributed by atoms with Crippen molar-refractivity contribution in [2.75, 3.05) is 6.61 Å². The smallest absolute Gasteiger partial charge is 0.339 e. The largest absolute Gasteiger partial charge is 0.472 e. The van der Waals surface area contributed by atoms with Gasteiger partial charge in [0.25, 0.3) is 0 Å². The second-order valence-electron chi connectivity index (χ2n) is 12.0. The summed E-state index contributed by atoms with van der Waals surface area (Å²) in [6.45, 7) is 3.44. The average molecular weight is 599 g/mol. The van der Waals surface area contributed by atoms with Crippen LogP contribution in [-0.4, -0.2) is 105 Å². The lowest BCUT2D eigenvalue weighted by Crippen LogP contribution is -2.71. The van der Waals surface area contributed by atoms with Gasteiger partial charge in [-0.25, -0.2) is 4.79 Å². The summed E-state index contributed by atoms with van der Waals surface area (Å²) in [5.41, 5.74) is -2.72. The second-order valence-corrected chi connectivity index (χ2v) is 12.0. The second kappa shape index (κ2) is 11.5. The van der Waals surface area contributed by atoms with Crippen LogP contribution in [0, 0.1) is 17.3 Å². The van der Waals surface area contributed by atoms with Crippen LogP contribution in [0.2, 0.25) is 0 Å². The SMILES string of the molecule is CC(=O)O[C@@H]1[C@@H]2[C@H](CC[C@@]3(O)C(=O)O[C@H](c4ccoc4)C[C@@]23C)[C@H](O[C@@H]2O[C@H](CO)[C@@H](O)[C@H](O)[C@H]2O)C[C@@H]1OC(C)=O. The topological polar surface area (TPSA) is 212 Å². The molecule has 0 spiro atoms. The number of cyclic esters (lactones) is 1. The Bertz CT molecular complexity index is 1150. The molecule has 4 aliphatic rings. The zero-order valence-corrected chi connectivity index (χ0v) is 23.5. The maximum atomic E-state index is 13.4. The van der Waals surface area contributed by atoms with Gasteiger partial charge in [-0.05, 0) is 31.2 Å². The zero-order valence-electron chi connectivity index (χ0n) is 23.5. The van der Waals surface area contributed by atoms with Gasteiger partial charge in [0.05, 0.1) is 25.2 Å². The minimum absolute atomic E-state index is 0.0160. The van der Waals surface area contributed by atoms with Crippen LogP contribution in [0.15, 0.2) is 23.0 Å². The summed E-state index contributed by atoms with van der Waals surface area (Å²) in [5.74, 6) is -3.53. The van der Waals surface area contributed by atoms with Crippen molar-refractivity contribution < 1.29 is 68.0 Å². The van der Waals surface area contributed by atoms with Crippen LogP contribution in [0.5, 0.6) is 0 Å². The van der Waals surface area contributed by atoms with Crippen LogP contribution in [0.25, 0.3) is 0 Å². The molecule has 1 aromatic heterocycles. The van der Waals surface area contributed by atoms with Crippen LogP contribution in [-0.2, 0) is 38.1 Å². The van der Waals surface area contributed by atoms with Gasteiger partial charge in [0, 0.05) is 37.2 Å². The van der Waals surface area contributed by atoms with Crippen molar-refractivity contribution >= 4 is 17.9 Å². The Morgan fingerprint density at radius 2 is 1.79 bits per heavy atom. The Kier molecular flexibility index (Phi) is 8.44. The Balaban J connectivity index is 1.56. The van der Waals surface area contributed by atoms with Gasteiger partial charge in [-0.1, -0.05) is 6.92 Å². The monoisotopic (exact) mass is 598 g/mol. The van der Waals surface area contributed by atoms with E-state index in [-0.39, 0.29) is 25.7 Å². The van der Waals surface area contributed by atoms with Crippen molar-refractivity contribution in [3.8, 4) is 0 Å². The number of aliphatic hydroxyl groups excluding tert-OH is 4. The molecule has 234 valence electrons. The molecule has 3 heterocycles. The molecule has 2 aliphatic heterocycles. The van der Waals surface area contributed by atoms with Crippen LogP contribution in [0.4, 0.5) is 0 Å². The number of rotatable bonds is 6. The number of hydrogen-bond donors (Lipinski definition) is 5. The van der Waals surface area contributed by atoms with Gasteiger partial charge in [0.2, 0.25) is 0 Å². The molecule has 1 aromatic rings. The lowest BCUT2D eigenvalue weighted by atomic mass is 9.47. The predicted molar refractivity (Wildman–Crippen MR) is 136 cm³/mol. The van der Waals surface area contributed by atoms with E-state index in [1.807, 2.05) is 0 Å². The third-order valence-corrected chi connectivity index (χ3v) is 9.53. The quantitative estimate of drug-likeness (QED) is 0.206. The van der Waals surface area contributed by atoms with Crippen molar-refractivity contribution in [2.24, 2.45) is 17.3 Å². The van der Waals surface area contributed by atoms with E-state index in [4.69, 9.17) is 28.1 Å². The standard InChI is InChI=1S/C28H38O14/c1-12(30)38-17-8-16(40-25-23(34)22(33)21(32)19(10-29)41-25)15-4-6-28(36)26(35)42-18(14-5-7-37-11-14)9-27(28,3)20(15)24(17)39-13(2)31/h5,7,11,15-25,29,32-34,36H,4,6,8-10H2,1-3H3/t15-,16-,17+,18+,19-,20+,21-,22+,23-,24+,25-,27+,28-/m1/s1. The van der Waals surface area contributed by atoms with Crippen molar-refractivity contribution in [3.63, 3.8) is 0 Å². The molecule has 5 N–H and O–H groups in total. The van der Waals surface area contributed by atoms with Crippen LogP contribution in [0.1, 0.15) is 58.1 Å². The molecule has 14 nitrogen and oxygen atoms in total. The number of hydrogen-bond acceptors (Lipinski definition) is 14. The van der Waals surface area contributed by atoms with E-state index in [1.54, 1.807) is 13.0 Å². The Morgan fingerprint density at radius 3 is 2.40 bits per heavy atom. The molecule has 0 amide bonds. The summed E-state index contributed by atoms with van der Waals surface area (Å²) in [7, 11) is 0. The predicted octanol–water partition coefficient (Wildman–Crippen LogP) is -0.517. The molecule has 5 rings (SSSR count). The molecule has 0 unspecified atom stereocenters. The Morgan fingerprint density at radius 1 is 1.07 bits per heavy atom.